The zero-order chi connectivity index (χ0) is 11.9. The molecule has 1 saturated heterocycles. The summed E-state index contributed by atoms with van der Waals surface area (Å²) >= 11 is 0. The zero-order valence-electron chi connectivity index (χ0n) is 10.3. The van der Waals surface area contributed by atoms with Crippen LogP contribution in [0.4, 0.5) is 4.39 Å². The Bertz CT molecular complexity index is 333. The summed E-state index contributed by atoms with van der Waals surface area (Å²) in [5.41, 5.74) is 0.848. The van der Waals surface area contributed by atoms with Crippen molar-refractivity contribution in [3.05, 3.63) is 35.6 Å². The van der Waals surface area contributed by atoms with Gasteiger partial charge < -0.3 is 10.2 Å². The summed E-state index contributed by atoms with van der Waals surface area (Å²) in [4.78, 5) is 2.47. The molecule has 2 rings (SSSR count). The van der Waals surface area contributed by atoms with Gasteiger partial charge in [0.15, 0.2) is 0 Å². The number of hydrogen-bond donors (Lipinski definition) is 1. The van der Waals surface area contributed by atoms with E-state index in [4.69, 9.17) is 0 Å². The van der Waals surface area contributed by atoms with E-state index in [0.29, 0.717) is 0 Å². The number of aryl methyl sites for hydroxylation is 1. The van der Waals surface area contributed by atoms with Crippen molar-refractivity contribution in [1.82, 2.24) is 10.2 Å². The average Bonchev–Trinajstić information content (AvgIpc) is 2.60. The molecular formula is C14H21FN2. The Morgan fingerprint density at radius 1 is 1.18 bits per heavy atom. The van der Waals surface area contributed by atoms with E-state index in [1.54, 1.807) is 12.1 Å². The molecule has 0 aliphatic carbocycles. The normalized spacial score (nSPS) is 17.9. The lowest BCUT2D eigenvalue weighted by atomic mass is 10.1. The molecule has 0 atom stereocenters. The molecular weight excluding hydrogens is 215 g/mol. The molecule has 0 unspecified atom stereocenters. The third-order valence-electron chi connectivity index (χ3n) is 3.31. The van der Waals surface area contributed by atoms with E-state index in [0.717, 1.165) is 44.6 Å². The second kappa shape index (κ2) is 6.72. The van der Waals surface area contributed by atoms with Crippen LogP contribution in [0.5, 0.6) is 0 Å². The van der Waals surface area contributed by atoms with Gasteiger partial charge in [-0.3, -0.25) is 0 Å². The molecule has 1 aliphatic heterocycles. The molecule has 17 heavy (non-hydrogen) atoms. The predicted molar refractivity (Wildman–Crippen MR) is 68.6 cm³/mol. The summed E-state index contributed by atoms with van der Waals surface area (Å²) in [7, 11) is 0. The van der Waals surface area contributed by atoms with E-state index in [1.807, 2.05) is 12.1 Å². The highest BCUT2D eigenvalue weighted by molar-refractivity contribution is 5.17. The van der Waals surface area contributed by atoms with Crippen molar-refractivity contribution in [2.24, 2.45) is 0 Å². The van der Waals surface area contributed by atoms with Crippen molar-refractivity contribution in [3.63, 3.8) is 0 Å². The van der Waals surface area contributed by atoms with Crippen LogP contribution in [0, 0.1) is 5.82 Å². The molecule has 1 heterocycles. The first kappa shape index (κ1) is 12.5. The summed E-state index contributed by atoms with van der Waals surface area (Å²) < 4.78 is 13.4. The Kier molecular flexibility index (Phi) is 4.95. The SMILES string of the molecule is Fc1ccccc1CCCN1CCCNCC1. The van der Waals surface area contributed by atoms with E-state index in [2.05, 4.69) is 10.2 Å². The summed E-state index contributed by atoms with van der Waals surface area (Å²) in [5, 5.41) is 3.39. The Morgan fingerprint density at radius 2 is 2.06 bits per heavy atom. The number of benzene rings is 1. The van der Waals surface area contributed by atoms with Crippen molar-refractivity contribution < 1.29 is 4.39 Å². The van der Waals surface area contributed by atoms with Gasteiger partial charge in [0, 0.05) is 13.1 Å². The van der Waals surface area contributed by atoms with Gasteiger partial charge in [-0.1, -0.05) is 18.2 Å². The molecule has 0 radical (unpaired) electrons. The lowest BCUT2D eigenvalue weighted by Crippen LogP contribution is -2.29. The van der Waals surface area contributed by atoms with Gasteiger partial charge in [-0.15, -0.1) is 0 Å². The van der Waals surface area contributed by atoms with Gasteiger partial charge in [0.25, 0.3) is 0 Å². The third kappa shape index (κ3) is 4.10. The Balaban J connectivity index is 1.73. The van der Waals surface area contributed by atoms with Gasteiger partial charge in [0.2, 0.25) is 0 Å². The van der Waals surface area contributed by atoms with Crippen LogP contribution in [0.1, 0.15) is 18.4 Å². The van der Waals surface area contributed by atoms with Crippen molar-refractivity contribution >= 4 is 0 Å². The van der Waals surface area contributed by atoms with Crippen LogP contribution >= 0.6 is 0 Å². The third-order valence-corrected chi connectivity index (χ3v) is 3.31. The Labute approximate surface area is 103 Å². The van der Waals surface area contributed by atoms with E-state index in [1.165, 1.54) is 13.0 Å². The van der Waals surface area contributed by atoms with Gasteiger partial charge >= 0.3 is 0 Å². The second-order valence-corrected chi connectivity index (χ2v) is 4.64. The zero-order valence-corrected chi connectivity index (χ0v) is 10.3. The highest BCUT2D eigenvalue weighted by Crippen LogP contribution is 2.09. The molecule has 1 aromatic carbocycles. The minimum atomic E-state index is -0.0648. The molecule has 0 saturated carbocycles. The fraction of sp³-hybridized carbons (Fsp3) is 0.571. The van der Waals surface area contributed by atoms with E-state index < -0.39 is 0 Å². The molecule has 0 amide bonds. The molecule has 3 heteroatoms. The van der Waals surface area contributed by atoms with Gasteiger partial charge in [0.1, 0.15) is 5.82 Å². The van der Waals surface area contributed by atoms with Crippen molar-refractivity contribution in [2.75, 3.05) is 32.7 Å². The maximum atomic E-state index is 13.4. The molecule has 94 valence electrons. The average molecular weight is 236 g/mol. The van der Waals surface area contributed by atoms with Crippen LogP contribution in [-0.2, 0) is 6.42 Å². The van der Waals surface area contributed by atoms with Crippen LogP contribution in [-0.4, -0.2) is 37.6 Å². The van der Waals surface area contributed by atoms with Crippen LogP contribution in [0.3, 0.4) is 0 Å². The predicted octanol–water partition coefficient (Wildman–Crippen LogP) is 2.05. The fourth-order valence-electron chi connectivity index (χ4n) is 2.32. The van der Waals surface area contributed by atoms with Crippen LogP contribution in [0.2, 0.25) is 0 Å². The van der Waals surface area contributed by atoms with Crippen molar-refractivity contribution in [1.29, 1.82) is 0 Å². The molecule has 0 aromatic heterocycles. The highest BCUT2D eigenvalue weighted by atomic mass is 19.1. The lowest BCUT2D eigenvalue weighted by Gasteiger charge is -2.19. The topological polar surface area (TPSA) is 15.3 Å². The lowest BCUT2D eigenvalue weighted by molar-refractivity contribution is 0.288. The van der Waals surface area contributed by atoms with Crippen molar-refractivity contribution in [2.45, 2.75) is 19.3 Å². The number of rotatable bonds is 4. The fourth-order valence-corrected chi connectivity index (χ4v) is 2.32. The first-order valence-corrected chi connectivity index (χ1v) is 6.53. The van der Waals surface area contributed by atoms with Crippen molar-refractivity contribution in [3.8, 4) is 0 Å². The summed E-state index contributed by atoms with van der Waals surface area (Å²) in [6, 6.07) is 7.10. The summed E-state index contributed by atoms with van der Waals surface area (Å²) in [6.07, 6.45) is 3.11. The molecule has 1 aliphatic rings. The molecule has 1 aromatic rings. The standard InChI is InChI=1S/C14H21FN2/c15-14-7-2-1-5-13(14)6-3-10-17-11-4-8-16-9-12-17/h1-2,5,7,16H,3-4,6,8-12H2. The Morgan fingerprint density at radius 3 is 2.94 bits per heavy atom. The van der Waals surface area contributed by atoms with Crippen LogP contribution < -0.4 is 5.32 Å². The molecule has 0 bridgehead atoms. The Hall–Kier alpha value is -0.930. The molecule has 0 spiro atoms. The monoisotopic (exact) mass is 236 g/mol. The number of halogens is 1. The smallest absolute Gasteiger partial charge is 0.126 e. The number of hydrogen-bond acceptors (Lipinski definition) is 2. The van der Waals surface area contributed by atoms with E-state index >= 15 is 0 Å². The van der Waals surface area contributed by atoms with E-state index in [9.17, 15) is 4.39 Å². The minimum Gasteiger partial charge on any atom is -0.315 e. The molecule has 2 nitrogen and oxygen atoms in total. The first-order valence-electron chi connectivity index (χ1n) is 6.53. The van der Waals surface area contributed by atoms with Crippen LogP contribution in [0.25, 0.3) is 0 Å². The second-order valence-electron chi connectivity index (χ2n) is 4.64. The van der Waals surface area contributed by atoms with Gasteiger partial charge in [-0.05, 0) is 50.5 Å². The maximum absolute atomic E-state index is 13.4. The highest BCUT2D eigenvalue weighted by Gasteiger charge is 2.08. The van der Waals surface area contributed by atoms with E-state index in [-0.39, 0.29) is 5.82 Å². The minimum absolute atomic E-state index is 0.0648. The molecule has 1 fully saturated rings. The van der Waals surface area contributed by atoms with Crippen LogP contribution in [0.15, 0.2) is 24.3 Å². The van der Waals surface area contributed by atoms with Gasteiger partial charge in [-0.2, -0.15) is 0 Å². The summed E-state index contributed by atoms with van der Waals surface area (Å²) in [6.45, 7) is 5.58. The largest absolute Gasteiger partial charge is 0.315 e. The summed E-state index contributed by atoms with van der Waals surface area (Å²) in [5.74, 6) is -0.0648. The number of nitrogens with zero attached hydrogens (tertiary/aromatic N) is 1. The number of nitrogens with one attached hydrogen (secondary N) is 1. The quantitative estimate of drug-likeness (QED) is 0.861. The van der Waals surface area contributed by atoms with Gasteiger partial charge in [0.05, 0.1) is 0 Å². The first-order chi connectivity index (χ1) is 8.36. The molecule has 1 N–H and O–H groups in total. The van der Waals surface area contributed by atoms with Gasteiger partial charge in [-0.25, -0.2) is 4.39 Å². The maximum Gasteiger partial charge on any atom is 0.126 e.